The smallest absolute Gasteiger partial charge is 0.226 e. The predicted molar refractivity (Wildman–Crippen MR) is 85.6 cm³/mol. The predicted octanol–water partition coefficient (Wildman–Crippen LogP) is 1.44. The first-order chi connectivity index (χ1) is 11.1. The number of hydrogen-bond acceptors (Lipinski definition) is 7. The Balaban J connectivity index is 1.51. The average Bonchev–Trinajstić information content (AvgIpc) is 3.19. The van der Waals surface area contributed by atoms with Gasteiger partial charge in [-0.1, -0.05) is 12.1 Å². The monoisotopic (exact) mass is 316 g/mol. The summed E-state index contributed by atoms with van der Waals surface area (Å²) in [5, 5.41) is 4.03. The molecule has 3 rings (SSSR count). The van der Waals surface area contributed by atoms with E-state index in [9.17, 15) is 0 Å². The Morgan fingerprint density at radius 3 is 2.91 bits per heavy atom. The molecule has 2 aromatic rings. The van der Waals surface area contributed by atoms with Crippen molar-refractivity contribution in [2.24, 2.45) is 0 Å². The standard InChI is InChI=1S/C16H24N6O/c1-4-16-19-15(20-23-16)11-21(3)14-5-6-22(10-14)9-13-8-17-12(2)7-18-13/h7-8,14H,4-6,9-11H2,1-3H3/t14-/m1/s1. The molecule has 3 heterocycles. The zero-order chi connectivity index (χ0) is 16.2. The number of nitrogens with zero attached hydrogens (tertiary/aromatic N) is 6. The summed E-state index contributed by atoms with van der Waals surface area (Å²) in [5.41, 5.74) is 1.99. The Morgan fingerprint density at radius 2 is 2.22 bits per heavy atom. The van der Waals surface area contributed by atoms with Crippen LogP contribution >= 0.6 is 0 Å². The van der Waals surface area contributed by atoms with Crippen molar-refractivity contribution >= 4 is 0 Å². The first kappa shape index (κ1) is 16.0. The lowest BCUT2D eigenvalue weighted by Crippen LogP contribution is -2.34. The largest absolute Gasteiger partial charge is 0.339 e. The van der Waals surface area contributed by atoms with Crippen LogP contribution in [0.3, 0.4) is 0 Å². The van der Waals surface area contributed by atoms with Crippen LogP contribution in [-0.4, -0.2) is 56.1 Å². The van der Waals surface area contributed by atoms with E-state index >= 15 is 0 Å². The highest BCUT2D eigenvalue weighted by Crippen LogP contribution is 2.17. The highest BCUT2D eigenvalue weighted by atomic mass is 16.5. The maximum Gasteiger partial charge on any atom is 0.226 e. The third-order valence-corrected chi connectivity index (χ3v) is 4.29. The van der Waals surface area contributed by atoms with Crippen molar-refractivity contribution in [3.05, 3.63) is 35.5 Å². The topological polar surface area (TPSA) is 71.2 Å². The van der Waals surface area contributed by atoms with Crippen molar-refractivity contribution in [2.75, 3.05) is 20.1 Å². The van der Waals surface area contributed by atoms with Crippen molar-refractivity contribution in [1.82, 2.24) is 29.9 Å². The summed E-state index contributed by atoms with van der Waals surface area (Å²) in [5.74, 6) is 1.48. The van der Waals surface area contributed by atoms with Crippen LogP contribution in [0.5, 0.6) is 0 Å². The zero-order valence-electron chi connectivity index (χ0n) is 14.1. The third-order valence-electron chi connectivity index (χ3n) is 4.29. The van der Waals surface area contributed by atoms with Crippen molar-refractivity contribution in [2.45, 2.75) is 45.8 Å². The molecule has 1 atom stereocenters. The Hall–Kier alpha value is -1.86. The summed E-state index contributed by atoms with van der Waals surface area (Å²) < 4.78 is 5.17. The molecule has 0 saturated carbocycles. The van der Waals surface area contributed by atoms with E-state index in [1.54, 1.807) is 0 Å². The molecule has 1 aliphatic heterocycles. The molecule has 0 spiro atoms. The minimum absolute atomic E-state index is 0.511. The molecule has 7 nitrogen and oxygen atoms in total. The fourth-order valence-corrected chi connectivity index (χ4v) is 2.90. The van der Waals surface area contributed by atoms with Gasteiger partial charge in [0.05, 0.1) is 17.9 Å². The molecule has 7 heteroatoms. The van der Waals surface area contributed by atoms with Crippen LogP contribution in [0.2, 0.25) is 0 Å². The molecule has 1 saturated heterocycles. The lowest BCUT2D eigenvalue weighted by molar-refractivity contribution is 0.215. The molecule has 0 amide bonds. The van der Waals surface area contributed by atoms with E-state index in [-0.39, 0.29) is 0 Å². The summed E-state index contributed by atoms with van der Waals surface area (Å²) in [6.07, 6.45) is 5.63. The van der Waals surface area contributed by atoms with Crippen molar-refractivity contribution in [3.63, 3.8) is 0 Å². The maximum absolute atomic E-state index is 5.17. The molecule has 2 aromatic heterocycles. The van der Waals surface area contributed by atoms with E-state index in [4.69, 9.17) is 4.52 Å². The molecule has 124 valence electrons. The van der Waals surface area contributed by atoms with E-state index in [1.807, 2.05) is 26.2 Å². The molecule has 0 bridgehead atoms. The molecular weight excluding hydrogens is 292 g/mol. The Morgan fingerprint density at radius 1 is 1.35 bits per heavy atom. The van der Waals surface area contributed by atoms with Crippen LogP contribution in [0.1, 0.15) is 36.4 Å². The van der Waals surface area contributed by atoms with Gasteiger partial charge in [-0.25, -0.2) is 0 Å². The fourth-order valence-electron chi connectivity index (χ4n) is 2.90. The maximum atomic E-state index is 5.17. The van der Waals surface area contributed by atoms with Gasteiger partial charge in [-0.15, -0.1) is 0 Å². The zero-order valence-corrected chi connectivity index (χ0v) is 14.1. The van der Waals surface area contributed by atoms with Gasteiger partial charge in [0.2, 0.25) is 5.89 Å². The van der Waals surface area contributed by atoms with Crippen molar-refractivity contribution in [3.8, 4) is 0 Å². The van der Waals surface area contributed by atoms with Crippen LogP contribution in [0, 0.1) is 6.92 Å². The Labute approximate surface area is 136 Å². The second-order valence-electron chi connectivity index (χ2n) is 6.20. The minimum Gasteiger partial charge on any atom is -0.339 e. The summed E-state index contributed by atoms with van der Waals surface area (Å²) >= 11 is 0. The van der Waals surface area contributed by atoms with Gasteiger partial charge in [-0.05, 0) is 20.4 Å². The second kappa shape index (κ2) is 7.14. The molecule has 0 radical (unpaired) electrons. The van der Waals surface area contributed by atoms with E-state index < -0.39 is 0 Å². The molecule has 0 aromatic carbocycles. The van der Waals surface area contributed by atoms with Crippen LogP contribution in [0.15, 0.2) is 16.9 Å². The molecule has 0 aliphatic carbocycles. The SMILES string of the molecule is CCc1nc(CN(C)[C@@H]2CCN(Cc3cnc(C)cn3)C2)no1. The number of likely N-dealkylation sites (N-methyl/N-ethyl adjacent to an activating group) is 1. The number of aryl methyl sites for hydroxylation is 2. The highest BCUT2D eigenvalue weighted by Gasteiger charge is 2.26. The van der Waals surface area contributed by atoms with Crippen LogP contribution < -0.4 is 0 Å². The third kappa shape index (κ3) is 4.11. The molecule has 1 aliphatic rings. The number of hydrogen-bond donors (Lipinski definition) is 0. The number of likely N-dealkylation sites (tertiary alicyclic amines) is 1. The molecular formula is C16H24N6O. The van der Waals surface area contributed by atoms with E-state index in [1.165, 1.54) is 0 Å². The number of aromatic nitrogens is 4. The van der Waals surface area contributed by atoms with E-state index in [0.29, 0.717) is 11.9 Å². The first-order valence-corrected chi connectivity index (χ1v) is 8.15. The van der Waals surface area contributed by atoms with Gasteiger partial charge < -0.3 is 4.52 Å². The Bertz CT molecular complexity index is 626. The van der Waals surface area contributed by atoms with Crippen LogP contribution in [-0.2, 0) is 19.5 Å². The summed E-state index contributed by atoms with van der Waals surface area (Å²) in [7, 11) is 2.13. The Kier molecular flexibility index (Phi) is 4.97. The average molecular weight is 316 g/mol. The van der Waals surface area contributed by atoms with Gasteiger partial charge in [0.15, 0.2) is 5.82 Å². The summed E-state index contributed by atoms with van der Waals surface area (Å²) in [6, 6.07) is 0.511. The normalized spacial score (nSPS) is 18.9. The lowest BCUT2D eigenvalue weighted by Gasteiger charge is -2.23. The van der Waals surface area contributed by atoms with Crippen molar-refractivity contribution in [1.29, 1.82) is 0 Å². The second-order valence-corrected chi connectivity index (χ2v) is 6.20. The van der Waals surface area contributed by atoms with Gasteiger partial charge in [-0.3, -0.25) is 19.8 Å². The minimum atomic E-state index is 0.511. The van der Waals surface area contributed by atoms with E-state index in [0.717, 1.165) is 56.2 Å². The lowest BCUT2D eigenvalue weighted by atomic mass is 10.2. The summed E-state index contributed by atoms with van der Waals surface area (Å²) in [6.45, 7) is 7.68. The highest BCUT2D eigenvalue weighted by molar-refractivity contribution is 5.01. The molecule has 23 heavy (non-hydrogen) atoms. The van der Waals surface area contributed by atoms with Gasteiger partial charge in [-0.2, -0.15) is 4.98 Å². The molecule has 0 N–H and O–H groups in total. The summed E-state index contributed by atoms with van der Waals surface area (Å²) in [4.78, 5) is 17.9. The molecule has 1 fully saturated rings. The van der Waals surface area contributed by atoms with Gasteiger partial charge >= 0.3 is 0 Å². The quantitative estimate of drug-likeness (QED) is 0.798. The van der Waals surface area contributed by atoms with Gasteiger partial charge in [0.25, 0.3) is 0 Å². The van der Waals surface area contributed by atoms with Gasteiger partial charge in [0.1, 0.15) is 0 Å². The molecule has 0 unspecified atom stereocenters. The van der Waals surface area contributed by atoms with Crippen molar-refractivity contribution < 1.29 is 4.52 Å². The van der Waals surface area contributed by atoms with Gasteiger partial charge in [0, 0.05) is 44.5 Å². The van der Waals surface area contributed by atoms with Crippen LogP contribution in [0.4, 0.5) is 0 Å². The fraction of sp³-hybridized carbons (Fsp3) is 0.625. The van der Waals surface area contributed by atoms with E-state index in [2.05, 4.69) is 37.0 Å². The number of rotatable bonds is 6. The first-order valence-electron chi connectivity index (χ1n) is 8.15. The van der Waals surface area contributed by atoms with Crippen LogP contribution in [0.25, 0.3) is 0 Å².